The highest BCUT2D eigenvalue weighted by Crippen LogP contribution is 2.19. The molecule has 2 aliphatic heterocycles. The molecule has 0 aromatic rings. The molecule has 0 unspecified atom stereocenters. The molecule has 0 bridgehead atoms. The largest absolute Gasteiger partial charge is 0.338 e. The summed E-state index contributed by atoms with van der Waals surface area (Å²) in [4.78, 5) is 13.2. The van der Waals surface area contributed by atoms with Crippen molar-refractivity contribution in [2.24, 2.45) is 0 Å². The zero-order valence-corrected chi connectivity index (χ0v) is 7.63. The first-order valence-corrected chi connectivity index (χ1v) is 4.91. The molecule has 0 aromatic carbocycles. The zero-order chi connectivity index (χ0) is 9.26. The maximum Gasteiger partial charge on any atom is 0.222 e. The molecule has 0 aromatic heterocycles. The minimum Gasteiger partial charge on any atom is -0.338 e. The fraction of sp³-hybridized carbons (Fsp3) is 0.889. The lowest BCUT2D eigenvalue weighted by atomic mass is 10.1. The smallest absolute Gasteiger partial charge is 0.222 e. The van der Waals surface area contributed by atoms with Crippen molar-refractivity contribution in [3.05, 3.63) is 0 Å². The number of carbonyl (C=O) groups is 1. The third-order valence-electron chi connectivity index (χ3n) is 2.82. The molecule has 13 heavy (non-hydrogen) atoms. The summed E-state index contributed by atoms with van der Waals surface area (Å²) in [7, 11) is 0. The summed E-state index contributed by atoms with van der Waals surface area (Å²) in [6, 6.07) is 0.0961. The van der Waals surface area contributed by atoms with Crippen LogP contribution >= 0.6 is 0 Å². The van der Waals surface area contributed by atoms with Gasteiger partial charge in [-0.1, -0.05) is 0 Å². The predicted molar refractivity (Wildman–Crippen MR) is 47.1 cm³/mol. The Morgan fingerprint density at radius 3 is 2.92 bits per heavy atom. The summed E-state index contributed by atoms with van der Waals surface area (Å²) < 4.78 is 13.0. The van der Waals surface area contributed by atoms with Gasteiger partial charge in [0, 0.05) is 38.5 Å². The van der Waals surface area contributed by atoms with E-state index >= 15 is 0 Å². The van der Waals surface area contributed by atoms with Crippen molar-refractivity contribution in [1.82, 2.24) is 10.2 Å². The van der Waals surface area contributed by atoms with Crippen LogP contribution in [0.25, 0.3) is 0 Å². The molecule has 2 aliphatic rings. The molecule has 2 heterocycles. The van der Waals surface area contributed by atoms with Crippen LogP contribution in [0, 0.1) is 0 Å². The third kappa shape index (κ3) is 1.82. The summed E-state index contributed by atoms with van der Waals surface area (Å²) >= 11 is 0. The second-order valence-corrected chi connectivity index (χ2v) is 3.84. The average molecular weight is 186 g/mol. The summed E-state index contributed by atoms with van der Waals surface area (Å²) in [5.41, 5.74) is 0. The van der Waals surface area contributed by atoms with E-state index in [1.807, 2.05) is 4.90 Å². The molecule has 2 saturated heterocycles. The second-order valence-electron chi connectivity index (χ2n) is 3.84. The first-order valence-electron chi connectivity index (χ1n) is 4.91. The lowest BCUT2D eigenvalue weighted by Crippen LogP contribution is -2.50. The van der Waals surface area contributed by atoms with Crippen LogP contribution in [0.2, 0.25) is 0 Å². The number of hydrogen-bond donors (Lipinski definition) is 1. The normalized spacial score (nSPS) is 35.5. The first kappa shape index (κ1) is 8.94. The van der Waals surface area contributed by atoms with E-state index in [9.17, 15) is 9.18 Å². The van der Waals surface area contributed by atoms with Crippen molar-refractivity contribution >= 4 is 5.91 Å². The van der Waals surface area contributed by atoms with Gasteiger partial charge in [0.2, 0.25) is 5.91 Å². The van der Waals surface area contributed by atoms with Crippen molar-refractivity contribution in [2.75, 3.05) is 19.6 Å². The molecule has 2 rings (SSSR count). The topological polar surface area (TPSA) is 32.3 Å². The number of amides is 1. The molecule has 74 valence electrons. The van der Waals surface area contributed by atoms with Crippen molar-refractivity contribution < 1.29 is 9.18 Å². The van der Waals surface area contributed by atoms with E-state index in [1.54, 1.807) is 0 Å². The highest BCUT2D eigenvalue weighted by molar-refractivity contribution is 5.78. The summed E-state index contributed by atoms with van der Waals surface area (Å²) in [6.45, 7) is 2.02. The van der Waals surface area contributed by atoms with E-state index in [1.165, 1.54) is 0 Å². The van der Waals surface area contributed by atoms with Gasteiger partial charge in [-0.2, -0.15) is 0 Å². The highest BCUT2D eigenvalue weighted by Gasteiger charge is 2.31. The number of carbonyl (C=O) groups excluding carboxylic acids is 1. The first-order chi connectivity index (χ1) is 6.27. The lowest BCUT2D eigenvalue weighted by molar-refractivity contribution is -0.130. The molecule has 1 amide bonds. The number of hydrogen-bond acceptors (Lipinski definition) is 2. The number of rotatable bonds is 1. The minimum absolute atomic E-state index is 0.0961. The Morgan fingerprint density at radius 2 is 2.31 bits per heavy atom. The summed E-state index contributed by atoms with van der Waals surface area (Å²) in [5, 5.41) is 3.01. The zero-order valence-electron chi connectivity index (χ0n) is 7.63. The number of likely N-dealkylation sites (tertiary alicyclic amines) is 1. The number of nitrogens with one attached hydrogen (secondary N) is 1. The Balaban J connectivity index is 1.95. The molecule has 3 nitrogen and oxygen atoms in total. The number of alkyl halides is 1. The Kier molecular flexibility index (Phi) is 2.49. The SMILES string of the molecule is O=C1CCCN1[C@H]1CNC[C@@H](F)C1. The molecule has 0 radical (unpaired) electrons. The Bertz CT molecular complexity index is 210. The van der Waals surface area contributed by atoms with Gasteiger partial charge in [-0.05, 0) is 6.42 Å². The van der Waals surface area contributed by atoms with Gasteiger partial charge >= 0.3 is 0 Å². The fourth-order valence-corrected chi connectivity index (χ4v) is 2.16. The van der Waals surface area contributed by atoms with Gasteiger partial charge in [0.1, 0.15) is 6.17 Å². The molecule has 0 spiro atoms. The second kappa shape index (κ2) is 3.62. The standard InChI is InChI=1S/C9H15FN2O/c10-7-4-8(6-11-5-7)12-3-1-2-9(12)13/h7-8,11H,1-6H2/t7-,8+/m0/s1. The maximum atomic E-state index is 13.0. The fourth-order valence-electron chi connectivity index (χ4n) is 2.16. The van der Waals surface area contributed by atoms with E-state index in [-0.39, 0.29) is 11.9 Å². The number of halogens is 1. The molecular formula is C9H15FN2O. The van der Waals surface area contributed by atoms with Crippen molar-refractivity contribution in [1.29, 1.82) is 0 Å². The van der Waals surface area contributed by atoms with Gasteiger partial charge < -0.3 is 10.2 Å². The van der Waals surface area contributed by atoms with Gasteiger partial charge in [0.15, 0.2) is 0 Å². The quantitative estimate of drug-likeness (QED) is 0.639. The Labute approximate surface area is 77.3 Å². The van der Waals surface area contributed by atoms with Crippen LogP contribution in [-0.2, 0) is 4.79 Å². The van der Waals surface area contributed by atoms with E-state index < -0.39 is 6.17 Å². The van der Waals surface area contributed by atoms with Gasteiger partial charge in [-0.3, -0.25) is 4.79 Å². The van der Waals surface area contributed by atoms with Crippen LogP contribution in [0.4, 0.5) is 4.39 Å². The molecular weight excluding hydrogens is 171 g/mol. The van der Waals surface area contributed by atoms with E-state index in [2.05, 4.69) is 5.32 Å². The van der Waals surface area contributed by atoms with E-state index in [0.717, 1.165) is 19.5 Å². The number of nitrogens with zero attached hydrogens (tertiary/aromatic N) is 1. The Morgan fingerprint density at radius 1 is 1.46 bits per heavy atom. The minimum atomic E-state index is -0.785. The van der Waals surface area contributed by atoms with Crippen LogP contribution in [0.5, 0.6) is 0 Å². The molecule has 4 heteroatoms. The average Bonchev–Trinajstić information content (AvgIpc) is 2.51. The van der Waals surface area contributed by atoms with Crippen LogP contribution in [0.1, 0.15) is 19.3 Å². The predicted octanol–water partition coefficient (Wildman–Crippen LogP) is 0.309. The molecule has 2 fully saturated rings. The van der Waals surface area contributed by atoms with Crippen molar-refractivity contribution in [2.45, 2.75) is 31.5 Å². The highest BCUT2D eigenvalue weighted by atomic mass is 19.1. The van der Waals surface area contributed by atoms with Crippen LogP contribution in [0.3, 0.4) is 0 Å². The van der Waals surface area contributed by atoms with Gasteiger partial charge in [0.25, 0.3) is 0 Å². The van der Waals surface area contributed by atoms with E-state index in [0.29, 0.717) is 19.4 Å². The van der Waals surface area contributed by atoms with Crippen LogP contribution < -0.4 is 5.32 Å². The van der Waals surface area contributed by atoms with Gasteiger partial charge in [-0.15, -0.1) is 0 Å². The van der Waals surface area contributed by atoms with Gasteiger partial charge in [0.05, 0.1) is 0 Å². The molecule has 0 aliphatic carbocycles. The Hall–Kier alpha value is -0.640. The van der Waals surface area contributed by atoms with Crippen molar-refractivity contribution in [3.8, 4) is 0 Å². The molecule has 1 N–H and O–H groups in total. The number of piperidine rings is 1. The van der Waals surface area contributed by atoms with Crippen LogP contribution in [0.15, 0.2) is 0 Å². The molecule has 0 saturated carbocycles. The lowest BCUT2D eigenvalue weighted by Gasteiger charge is -2.33. The van der Waals surface area contributed by atoms with Gasteiger partial charge in [-0.25, -0.2) is 4.39 Å². The summed E-state index contributed by atoms with van der Waals surface area (Å²) in [6.07, 6.45) is 1.31. The molecule has 2 atom stereocenters. The monoisotopic (exact) mass is 186 g/mol. The van der Waals surface area contributed by atoms with E-state index in [4.69, 9.17) is 0 Å². The third-order valence-corrected chi connectivity index (χ3v) is 2.82. The summed E-state index contributed by atoms with van der Waals surface area (Å²) in [5.74, 6) is 0.195. The van der Waals surface area contributed by atoms with Crippen molar-refractivity contribution in [3.63, 3.8) is 0 Å². The van der Waals surface area contributed by atoms with Crippen LogP contribution in [-0.4, -0.2) is 42.7 Å². The maximum absolute atomic E-state index is 13.0.